The number of aryl methyl sites for hydroxylation is 1. The topological polar surface area (TPSA) is 36.4 Å². The van der Waals surface area contributed by atoms with Gasteiger partial charge in [-0.1, -0.05) is 19.8 Å². The monoisotopic (exact) mass is 274 g/mol. The molecule has 0 bridgehead atoms. The zero-order valence-electron chi connectivity index (χ0n) is 12.5. The summed E-state index contributed by atoms with van der Waals surface area (Å²) >= 11 is 0. The number of hydrogen-bond acceptors (Lipinski definition) is 3. The highest BCUT2D eigenvalue weighted by Gasteiger charge is 2.34. The van der Waals surface area contributed by atoms with Crippen molar-refractivity contribution < 1.29 is 5.11 Å². The van der Waals surface area contributed by atoms with Crippen molar-refractivity contribution in [3.8, 4) is 0 Å². The third-order valence-electron chi connectivity index (χ3n) is 5.01. The molecule has 0 radical (unpaired) electrons. The average Bonchev–Trinajstić information content (AvgIpc) is 3.16. The fraction of sp³-hybridized carbons (Fsp3) is 0.706. The number of rotatable bonds is 4. The molecule has 2 heterocycles. The molecule has 0 amide bonds. The van der Waals surface area contributed by atoms with Crippen LogP contribution in [0.15, 0.2) is 12.1 Å². The lowest BCUT2D eigenvalue weighted by atomic mass is 9.96. The van der Waals surface area contributed by atoms with Gasteiger partial charge in [-0.3, -0.25) is 0 Å². The van der Waals surface area contributed by atoms with Gasteiger partial charge in [0.15, 0.2) is 0 Å². The number of anilines is 1. The van der Waals surface area contributed by atoms with Crippen molar-refractivity contribution >= 4 is 5.82 Å². The molecule has 1 saturated carbocycles. The van der Waals surface area contributed by atoms with Crippen molar-refractivity contribution in [3.05, 3.63) is 23.4 Å². The summed E-state index contributed by atoms with van der Waals surface area (Å²) < 4.78 is 0. The van der Waals surface area contributed by atoms with E-state index < -0.39 is 0 Å². The first-order valence-electron chi connectivity index (χ1n) is 8.19. The summed E-state index contributed by atoms with van der Waals surface area (Å²) in [6.07, 6.45) is 9.12. The molecule has 1 aromatic rings. The Morgan fingerprint density at radius 1 is 1.20 bits per heavy atom. The van der Waals surface area contributed by atoms with Crippen LogP contribution in [0.4, 0.5) is 5.82 Å². The molecule has 2 fully saturated rings. The van der Waals surface area contributed by atoms with Crippen molar-refractivity contribution in [1.82, 2.24) is 4.98 Å². The minimum atomic E-state index is 0.116. The number of aromatic nitrogens is 1. The third-order valence-corrected chi connectivity index (χ3v) is 5.01. The van der Waals surface area contributed by atoms with Crippen molar-refractivity contribution in [1.29, 1.82) is 0 Å². The Morgan fingerprint density at radius 2 is 2.00 bits per heavy atom. The predicted octanol–water partition coefficient (Wildman–Crippen LogP) is 3.30. The van der Waals surface area contributed by atoms with Crippen LogP contribution < -0.4 is 4.90 Å². The molecular weight excluding hydrogens is 248 g/mol. The van der Waals surface area contributed by atoms with Gasteiger partial charge in [0, 0.05) is 18.3 Å². The normalized spacial score (nSPS) is 23.7. The third kappa shape index (κ3) is 2.69. The molecule has 3 nitrogen and oxygen atoms in total. The highest BCUT2D eigenvalue weighted by atomic mass is 16.3. The second-order valence-electron chi connectivity index (χ2n) is 6.28. The van der Waals surface area contributed by atoms with Crippen LogP contribution in [0.1, 0.15) is 56.7 Å². The maximum Gasteiger partial charge on any atom is 0.129 e. The van der Waals surface area contributed by atoms with E-state index >= 15 is 0 Å². The molecule has 1 atom stereocenters. The van der Waals surface area contributed by atoms with E-state index in [4.69, 9.17) is 4.98 Å². The molecule has 3 heteroatoms. The lowest BCUT2D eigenvalue weighted by molar-refractivity contribution is 0.281. The minimum absolute atomic E-state index is 0.116. The van der Waals surface area contributed by atoms with E-state index in [-0.39, 0.29) is 6.61 Å². The Kier molecular flexibility index (Phi) is 4.25. The van der Waals surface area contributed by atoms with Crippen LogP contribution in [0.2, 0.25) is 0 Å². The van der Waals surface area contributed by atoms with E-state index in [0.717, 1.165) is 36.0 Å². The molecule has 3 rings (SSSR count). The van der Waals surface area contributed by atoms with Crippen LogP contribution >= 0.6 is 0 Å². The Morgan fingerprint density at radius 3 is 2.70 bits per heavy atom. The van der Waals surface area contributed by atoms with Gasteiger partial charge in [-0.2, -0.15) is 0 Å². The summed E-state index contributed by atoms with van der Waals surface area (Å²) in [4.78, 5) is 7.34. The number of aliphatic hydroxyl groups excluding tert-OH is 1. The van der Waals surface area contributed by atoms with E-state index in [2.05, 4.69) is 17.9 Å². The van der Waals surface area contributed by atoms with Crippen LogP contribution in [-0.4, -0.2) is 22.7 Å². The number of pyridine rings is 1. The standard InChI is InChI=1S/C17H26N2O/c1-2-15-10-13(12-20)11-17(18-15)19-9-5-8-16(19)14-6-3-4-7-14/h10-11,14,16,20H,2-9,12H2,1H3. The quantitative estimate of drug-likeness (QED) is 0.915. The van der Waals surface area contributed by atoms with Gasteiger partial charge in [-0.25, -0.2) is 4.98 Å². The largest absolute Gasteiger partial charge is 0.392 e. The van der Waals surface area contributed by atoms with Crippen molar-refractivity contribution in [2.75, 3.05) is 11.4 Å². The fourth-order valence-corrected chi connectivity index (χ4v) is 3.96. The van der Waals surface area contributed by atoms with Crippen LogP contribution in [0.3, 0.4) is 0 Å². The molecule has 0 aromatic carbocycles. The molecule has 1 saturated heterocycles. The van der Waals surface area contributed by atoms with E-state index in [0.29, 0.717) is 6.04 Å². The number of hydrogen-bond donors (Lipinski definition) is 1. The molecule has 2 aliphatic rings. The number of nitrogens with zero attached hydrogens (tertiary/aromatic N) is 2. The first kappa shape index (κ1) is 13.9. The van der Waals surface area contributed by atoms with Gasteiger partial charge in [0.05, 0.1) is 6.61 Å². The summed E-state index contributed by atoms with van der Waals surface area (Å²) in [5.41, 5.74) is 2.10. The van der Waals surface area contributed by atoms with Gasteiger partial charge in [0.2, 0.25) is 0 Å². The molecule has 1 aliphatic heterocycles. The Hall–Kier alpha value is -1.09. The van der Waals surface area contributed by atoms with Gasteiger partial charge in [0.25, 0.3) is 0 Å². The molecule has 1 N–H and O–H groups in total. The smallest absolute Gasteiger partial charge is 0.129 e. The minimum Gasteiger partial charge on any atom is -0.392 e. The summed E-state index contributed by atoms with van der Waals surface area (Å²) in [5.74, 6) is 1.96. The SMILES string of the molecule is CCc1cc(CO)cc(N2CCCC2C2CCCC2)n1. The zero-order chi connectivity index (χ0) is 13.9. The van der Waals surface area contributed by atoms with E-state index in [1.165, 1.54) is 38.5 Å². The lowest BCUT2D eigenvalue weighted by Crippen LogP contribution is -2.35. The second kappa shape index (κ2) is 6.13. The van der Waals surface area contributed by atoms with E-state index in [9.17, 15) is 5.11 Å². The first-order valence-corrected chi connectivity index (χ1v) is 8.19. The summed E-state index contributed by atoms with van der Waals surface area (Å²) in [6.45, 7) is 3.38. The molecule has 1 aromatic heterocycles. The van der Waals surface area contributed by atoms with Gasteiger partial charge in [0.1, 0.15) is 5.82 Å². The fourth-order valence-electron chi connectivity index (χ4n) is 3.96. The second-order valence-corrected chi connectivity index (χ2v) is 6.28. The lowest BCUT2D eigenvalue weighted by Gasteiger charge is -2.31. The van der Waals surface area contributed by atoms with Crippen LogP contribution in [0, 0.1) is 5.92 Å². The number of aliphatic hydroxyl groups is 1. The zero-order valence-corrected chi connectivity index (χ0v) is 12.5. The molecule has 110 valence electrons. The van der Waals surface area contributed by atoms with Gasteiger partial charge >= 0.3 is 0 Å². The van der Waals surface area contributed by atoms with Crippen molar-refractivity contribution in [3.63, 3.8) is 0 Å². The summed E-state index contributed by atoms with van der Waals surface area (Å²) in [5, 5.41) is 9.46. The van der Waals surface area contributed by atoms with E-state index in [1.54, 1.807) is 0 Å². The predicted molar refractivity (Wildman–Crippen MR) is 81.9 cm³/mol. The summed E-state index contributed by atoms with van der Waals surface area (Å²) in [7, 11) is 0. The highest BCUT2D eigenvalue weighted by molar-refractivity contribution is 5.45. The highest BCUT2D eigenvalue weighted by Crippen LogP contribution is 2.37. The summed E-state index contributed by atoms with van der Waals surface area (Å²) in [6, 6.07) is 4.81. The molecular formula is C17H26N2O. The average molecular weight is 274 g/mol. The van der Waals surface area contributed by atoms with E-state index in [1.807, 2.05) is 6.07 Å². The van der Waals surface area contributed by atoms with Crippen LogP contribution in [0.25, 0.3) is 0 Å². The van der Waals surface area contributed by atoms with Gasteiger partial charge in [-0.05, 0) is 55.7 Å². The Labute approximate surface area is 122 Å². The molecule has 20 heavy (non-hydrogen) atoms. The first-order chi connectivity index (χ1) is 9.81. The molecule has 1 aliphatic carbocycles. The van der Waals surface area contributed by atoms with Crippen molar-refractivity contribution in [2.24, 2.45) is 5.92 Å². The Balaban J connectivity index is 1.86. The maximum absolute atomic E-state index is 9.46. The maximum atomic E-state index is 9.46. The van der Waals surface area contributed by atoms with Crippen LogP contribution in [-0.2, 0) is 13.0 Å². The van der Waals surface area contributed by atoms with Crippen molar-refractivity contribution in [2.45, 2.75) is 64.5 Å². The van der Waals surface area contributed by atoms with Gasteiger partial charge in [-0.15, -0.1) is 0 Å². The molecule has 1 unspecified atom stereocenters. The van der Waals surface area contributed by atoms with Crippen LogP contribution in [0.5, 0.6) is 0 Å². The Bertz CT molecular complexity index is 432. The molecule has 0 spiro atoms. The van der Waals surface area contributed by atoms with Gasteiger partial charge < -0.3 is 10.0 Å².